The minimum Gasteiger partial charge on any atom is -0.406 e. The van der Waals surface area contributed by atoms with Crippen LogP contribution in [-0.2, 0) is 6.61 Å². The van der Waals surface area contributed by atoms with Gasteiger partial charge in [-0.2, -0.15) is 4.73 Å². The number of anilines is 1. The monoisotopic (exact) mass is 355 g/mol. The summed E-state index contributed by atoms with van der Waals surface area (Å²) in [5.74, 6) is -0.506. The van der Waals surface area contributed by atoms with Crippen molar-refractivity contribution in [2.45, 2.75) is 20.5 Å². The van der Waals surface area contributed by atoms with Crippen LogP contribution in [0.15, 0.2) is 52.8 Å². The molecule has 3 rings (SSSR count). The lowest BCUT2D eigenvalue weighted by Crippen LogP contribution is -2.32. The van der Waals surface area contributed by atoms with Crippen LogP contribution in [0.5, 0.6) is 0 Å². The predicted octanol–water partition coefficient (Wildman–Crippen LogP) is 2.80. The zero-order chi connectivity index (χ0) is 17.8. The second-order valence-corrected chi connectivity index (χ2v) is 6.36. The number of nitrogens with one attached hydrogen (secondary N) is 1. The molecule has 6 nitrogen and oxygen atoms in total. The molecule has 1 N–H and O–H groups in total. The van der Waals surface area contributed by atoms with Crippen molar-refractivity contribution in [3.05, 3.63) is 80.7 Å². The number of benzene rings is 1. The fourth-order valence-corrected chi connectivity index (χ4v) is 2.92. The van der Waals surface area contributed by atoms with Crippen molar-refractivity contribution in [1.82, 2.24) is 9.71 Å². The molecule has 1 aromatic carbocycles. The van der Waals surface area contributed by atoms with E-state index >= 15 is 0 Å². The lowest BCUT2D eigenvalue weighted by Gasteiger charge is -2.11. The molecule has 2 heterocycles. The van der Waals surface area contributed by atoms with Crippen molar-refractivity contribution in [3.8, 4) is 0 Å². The maximum Gasteiger partial charge on any atom is 0.295 e. The van der Waals surface area contributed by atoms with E-state index in [1.807, 2.05) is 43.5 Å². The van der Waals surface area contributed by atoms with Crippen LogP contribution < -0.4 is 15.7 Å². The molecule has 2 aromatic heterocycles. The summed E-state index contributed by atoms with van der Waals surface area (Å²) in [4.78, 5) is 34.5. The van der Waals surface area contributed by atoms with Gasteiger partial charge in [0.05, 0.1) is 5.69 Å². The molecule has 0 saturated heterocycles. The van der Waals surface area contributed by atoms with Crippen molar-refractivity contribution in [3.63, 3.8) is 0 Å². The van der Waals surface area contributed by atoms with Crippen LogP contribution in [0, 0.1) is 13.8 Å². The molecule has 128 valence electrons. The maximum atomic E-state index is 12.5. The molecule has 0 bridgehead atoms. The molecule has 0 fully saturated rings. The first-order valence-electron chi connectivity index (χ1n) is 7.67. The van der Waals surface area contributed by atoms with Crippen LogP contribution in [0.4, 0.5) is 5.13 Å². The van der Waals surface area contributed by atoms with E-state index in [2.05, 4.69) is 10.3 Å². The molecule has 0 aliphatic rings. The van der Waals surface area contributed by atoms with Crippen LogP contribution in [0.3, 0.4) is 0 Å². The van der Waals surface area contributed by atoms with Gasteiger partial charge in [0, 0.05) is 11.6 Å². The van der Waals surface area contributed by atoms with Crippen molar-refractivity contribution in [1.29, 1.82) is 0 Å². The molecule has 0 radical (unpaired) electrons. The average Bonchev–Trinajstić information content (AvgIpc) is 3.00. The molecule has 0 atom stereocenters. The number of hydrogen-bond acceptors (Lipinski definition) is 5. The largest absolute Gasteiger partial charge is 0.406 e. The molecule has 1 amide bonds. The molecular formula is C18H17N3O3S. The van der Waals surface area contributed by atoms with Gasteiger partial charge in [-0.05, 0) is 37.1 Å². The Labute approximate surface area is 148 Å². The number of carbonyl (C=O) groups is 1. The van der Waals surface area contributed by atoms with E-state index in [-0.39, 0.29) is 12.2 Å². The summed E-state index contributed by atoms with van der Waals surface area (Å²) in [6, 6.07) is 10.8. The Bertz CT molecular complexity index is 962. The molecule has 0 spiro atoms. The van der Waals surface area contributed by atoms with E-state index in [4.69, 9.17) is 4.84 Å². The Morgan fingerprint density at radius 1 is 1.24 bits per heavy atom. The van der Waals surface area contributed by atoms with Crippen LogP contribution in [-0.4, -0.2) is 15.6 Å². The molecule has 25 heavy (non-hydrogen) atoms. The summed E-state index contributed by atoms with van der Waals surface area (Å²) < 4.78 is 1.08. The van der Waals surface area contributed by atoms with Crippen LogP contribution in [0.1, 0.15) is 27.2 Å². The first kappa shape index (κ1) is 16.9. The van der Waals surface area contributed by atoms with Crippen LogP contribution in [0.25, 0.3) is 0 Å². The average molecular weight is 355 g/mol. The fraction of sp³-hybridized carbons (Fsp3) is 0.167. The number of nitrogens with zero attached hydrogens (tertiary/aromatic N) is 2. The summed E-state index contributed by atoms with van der Waals surface area (Å²) >= 11 is 1.31. The Morgan fingerprint density at radius 2 is 2.04 bits per heavy atom. The zero-order valence-electron chi connectivity index (χ0n) is 13.9. The first-order valence-corrected chi connectivity index (χ1v) is 8.55. The summed E-state index contributed by atoms with van der Waals surface area (Å²) in [5.41, 5.74) is 2.35. The van der Waals surface area contributed by atoms with E-state index in [0.717, 1.165) is 21.6 Å². The minimum absolute atomic E-state index is 0.000127. The number of aryl methyl sites for hydroxylation is 2. The highest BCUT2D eigenvalue weighted by Gasteiger charge is 2.14. The van der Waals surface area contributed by atoms with Crippen LogP contribution in [0.2, 0.25) is 0 Å². The van der Waals surface area contributed by atoms with E-state index in [1.54, 1.807) is 6.07 Å². The van der Waals surface area contributed by atoms with E-state index in [0.29, 0.717) is 5.13 Å². The summed E-state index contributed by atoms with van der Waals surface area (Å²) in [6.07, 6.45) is 1.49. The van der Waals surface area contributed by atoms with Crippen molar-refractivity contribution in [2.24, 2.45) is 0 Å². The number of aromatic nitrogens is 2. The Hall–Kier alpha value is -2.93. The number of thiazole rings is 1. The van der Waals surface area contributed by atoms with Crippen molar-refractivity contribution < 1.29 is 9.63 Å². The summed E-state index contributed by atoms with van der Waals surface area (Å²) in [6.45, 7) is 4.05. The van der Waals surface area contributed by atoms with Gasteiger partial charge in [0.1, 0.15) is 12.2 Å². The fourth-order valence-electron chi connectivity index (χ4n) is 2.24. The third kappa shape index (κ3) is 3.95. The minimum atomic E-state index is -0.512. The van der Waals surface area contributed by atoms with Gasteiger partial charge in [-0.3, -0.25) is 14.9 Å². The van der Waals surface area contributed by atoms with E-state index < -0.39 is 11.5 Å². The highest BCUT2D eigenvalue weighted by atomic mass is 32.1. The van der Waals surface area contributed by atoms with Gasteiger partial charge in [-0.25, -0.2) is 4.98 Å². The number of carbonyl (C=O) groups excluding carboxylic acids is 1. The van der Waals surface area contributed by atoms with Gasteiger partial charge in [0.2, 0.25) is 0 Å². The molecule has 0 unspecified atom stereocenters. The third-order valence-corrected chi connectivity index (χ3v) is 4.49. The highest BCUT2D eigenvalue weighted by Crippen LogP contribution is 2.15. The quantitative estimate of drug-likeness (QED) is 0.764. The zero-order valence-corrected chi connectivity index (χ0v) is 14.7. The number of hydrogen-bond donors (Lipinski definition) is 1. The van der Waals surface area contributed by atoms with Gasteiger partial charge < -0.3 is 4.84 Å². The molecule has 7 heteroatoms. The smallest absolute Gasteiger partial charge is 0.295 e. The van der Waals surface area contributed by atoms with E-state index in [9.17, 15) is 9.59 Å². The molecular weight excluding hydrogens is 338 g/mol. The Morgan fingerprint density at radius 3 is 2.76 bits per heavy atom. The first-order chi connectivity index (χ1) is 12.0. The standard InChI is InChI=1S/C18H17N3O3S/c1-12-6-3-4-7-14(12)10-24-21-9-5-8-15(17(21)23)16(22)20-18-19-13(2)11-25-18/h3-9,11H,10H2,1-2H3,(H,19,20,22). The van der Waals surface area contributed by atoms with Gasteiger partial charge in [-0.15, -0.1) is 11.3 Å². The topological polar surface area (TPSA) is 73.2 Å². The van der Waals surface area contributed by atoms with E-state index in [1.165, 1.54) is 23.6 Å². The second kappa shape index (κ2) is 7.31. The SMILES string of the molecule is Cc1csc(NC(=O)c2cccn(OCc3ccccc3C)c2=O)n1. The lowest BCUT2D eigenvalue weighted by atomic mass is 10.1. The molecule has 3 aromatic rings. The second-order valence-electron chi connectivity index (χ2n) is 5.50. The Balaban J connectivity index is 1.76. The van der Waals surface area contributed by atoms with Gasteiger partial charge in [-0.1, -0.05) is 24.3 Å². The van der Waals surface area contributed by atoms with Crippen molar-refractivity contribution >= 4 is 22.4 Å². The Kier molecular flexibility index (Phi) is 4.95. The van der Waals surface area contributed by atoms with Gasteiger partial charge in [0.25, 0.3) is 11.5 Å². The summed E-state index contributed by atoms with van der Waals surface area (Å²) in [5, 5.41) is 4.91. The molecule has 0 saturated carbocycles. The maximum absolute atomic E-state index is 12.5. The molecule has 0 aliphatic heterocycles. The summed E-state index contributed by atoms with van der Waals surface area (Å²) in [7, 11) is 0. The number of pyridine rings is 1. The van der Waals surface area contributed by atoms with Crippen LogP contribution >= 0.6 is 11.3 Å². The van der Waals surface area contributed by atoms with Gasteiger partial charge in [0.15, 0.2) is 5.13 Å². The predicted molar refractivity (Wildman–Crippen MR) is 97.0 cm³/mol. The number of rotatable bonds is 5. The van der Waals surface area contributed by atoms with Crippen molar-refractivity contribution in [2.75, 3.05) is 5.32 Å². The van der Waals surface area contributed by atoms with Gasteiger partial charge >= 0.3 is 0 Å². The highest BCUT2D eigenvalue weighted by molar-refractivity contribution is 7.13. The third-order valence-electron chi connectivity index (χ3n) is 3.62. The molecule has 0 aliphatic carbocycles. The lowest BCUT2D eigenvalue weighted by molar-refractivity contribution is 0.0861. The normalized spacial score (nSPS) is 10.5. The number of amides is 1.